The average Bonchev–Trinajstić information content (AvgIpc) is 3.35. The standard InChI is InChI=1S/C19H22N4O5/c1-3-26-10-11-28-19-21-18(16-8-5-9-27-16)23(22-19)15-7-4-6-14(12-15)20-17(24)13-25-2/h4-9,12H,3,10-11,13H2,1-2H3,(H,20,24). The number of amides is 1. The minimum atomic E-state index is -0.246. The maximum atomic E-state index is 11.8. The van der Waals surface area contributed by atoms with Crippen molar-refractivity contribution in [2.75, 3.05) is 38.9 Å². The molecule has 0 spiro atoms. The van der Waals surface area contributed by atoms with Gasteiger partial charge in [0.15, 0.2) is 5.76 Å². The number of hydrogen-bond donors (Lipinski definition) is 1. The summed E-state index contributed by atoms with van der Waals surface area (Å²) in [6.07, 6.45) is 1.56. The summed E-state index contributed by atoms with van der Waals surface area (Å²) in [5.74, 6) is 0.780. The van der Waals surface area contributed by atoms with Crippen molar-refractivity contribution in [3.05, 3.63) is 42.7 Å². The van der Waals surface area contributed by atoms with Gasteiger partial charge in [-0.15, -0.1) is 5.10 Å². The average molecular weight is 386 g/mol. The van der Waals surface area contributed by atoms with Gasteiger partial charge in [0, 0.05) is 19.4 Å². The summed E-state index contributed by atoms with van der Waals surface area (Å²) in [6, 6.07) is 11.0. The molecule has 9 heteroatoms. The zero-order chi connectivity index (χ0) is 19.8. The fourth-order valence-corrected chi connectivity index (χ4v) is 2.48. The number of carbonyl (C=O) groups is 1. The molecule has 1 N–H and O–H groups in total. The zero-order valence-corrected chi connectivity index (χ0v) is 15.8. The molecule has 0 aliphatic carbocycles. The molecule has 1 aromatic carbocycles. The third-order valence-electron chi connectivity index (χ3n) is 3.64. The van der Waals surface area contributed by atoms with Crippen LogP contribution in [0.5, 0.6) is 6.01 Å². The molecule has 3 aromatic rings. The molecular formula is C19H22N4O5. The quantitative estimate of drug-likeness (QED) is 0.534. The number of carbonyl (C=O) groups excluding carboxylic acids is 1. The Labute approximate surface area is 162 Å². The van der Waals surface area contributed by atoms with Gasteiger partial charge < -0.3 is 23.9 Å². The zero-order valence-electron chi connectivity index (χ0n) is 15.8. The Morgan fingerprint density at radius 1 is 1.25 bits per heavy atom. The first-order valence-electron chi connectivity index (χ1n) is 8.82. The minimum Gasteiger partial charge on any atom is -0.461 e. The summed E-state index contributed by atoms with van der Waals surface area (Å²) in [6.45, 7) is 3.29. The Hall–Kier alpha value is -3.17. The van der Waals surface area contributed by atoms with E-state index in [2.05, 4.69) is 15.4 Å². The molecule has 3 rings (SSSR count). The number of hydrogen-bond acceptors (Lipinski definition) is 7. The molecule has 1 amide bonds. The number of methoxy groups -OCH3 is 1. The minimum absolute atomic E-state index is 0.0248. The highest BCUT2D eigenvalue weighted by molar-refractivity contribution is 5.91. The highest BCUT2D eigenvalue weighted by Gasteiger charge is 2.17. The van der Waals surface area contributed by atoms with Gasteiger partial charge >= 0.3 is 6.01 Å². The second kappa shape index (κ2) is 9.67. The van der Waals surface area contributed by atoms with Crippen molar-refractivity contribution >= 4 is 11.6 Å². The lowest BCUT2D eigenvalue weighted by Gasteiger charge is -2.08. The van der Waals surface area contributed by atoms with E-state index in [1.165, 1.54) is 7.11 Å². The first kappa shape index (κ1) is 19.6. The number of aromatic nitrogens is 3. The maximum absolute atomic E-state index is 11.8. The van der Waals surface area contributed by atoms with Crippen molar-refractivity contribution in [3.8, 4) is 23.3 Å². The van der Waals surface area contributed by atoms with E-state index in [-0.39, 0.29) is 18.5 Å². The highest BCUT2D eigenvalue weighted by Crippen LogP contribution is 2.25. The van der Waals surface area contributed by atoms with Gasteiger partial charge in [0.25, 0.3) is 0 Å². The highest BCUT2D eigenvalue weighted by atomic mass is 16.5. The fraction of sp³-hybridized carbons (Fsp3) is 0.316. The lowest BCUT2D eigenvalue weighted by atomic mass is 10.2. The summed E-state index contributed by atoms with van der Waals surface area (Å²) in [5.41, 5.74) is 1.30. The number of nitrogens with one attached hydrogen (secondary N) is 1. The van der Waals surface area contributed by atoms with E-state index in [4.69, 9.17) is 18.6 Å². The molecule has 0 aliphatic heterocycles. The predicted octanol–water partition coefficient (Wildman–Crippen LogP) is 2.53. The maximum Gasteiger partial charge on any atom is 0.336 e. The molecule has 148 valence electrons. The molecule has 0 bridgehead atoms. The van der Waals surface area contributed by atoms with Crippen LogP contribution in [0.15, 0.2) is 47.1 Å². The van der Waals surface area contributed by atoms with Crippen molar-refractivity contribution in [2.24, 2.45) is 0 Å². The van der Waals surface area contributed by atoms with Crippen LogP contribution < -0.4 is 10.1 Å². The summed E-state index contributed by atoms with van der Waals surface area (Å²) in [7, 11) is 1.47. The van der Waals surface area contributed by atoms with Crippen molar-refractivity contribution in [3.63, 3.8) is 0 Å². The molecule has 28 heavy (non-hydrogen) atoms. The van der Waals surface area contributed by atoms with Crippen LogP contribution >= 0.6 is 0 Å². The largest absolute Gasteiger partial charge is 0.461 e. The van der Waals surface area contributed by atoms with Crippen LogP contribution in [0.1, 0.15) is 6.92 Å². The first-order chi connectivity index (χ1) is 13.7. The van der Waals surface area contributed by atoms with Crippen molar-refractivity contribution in [2.45, 2.75) is 6.92 Å². The van der Waals surface area contributed by atoms with Gasteiger partial charge in [-0.25, -0.2) is 4.68 Å². The second-order valence-corrected chi connectivity index (χ2v) is 5.68. The molecule has 0 unspecified atom stereocenters. The molecule has 0 radical (unpaired) electrons. The smallest absolute Gasteiger partial charge is 0.336 e. The van der Waals surface area contributed by atoms with Gasteiger partial charge in [-0.1, -0.05) is 6.07 Å². The van der Waals surface area contributed by atoms with Crippen molar-refractivity contribution in [1.82, 2.24) is 14.8 Å². The Morgan fingerprint density at radius 3 is 2.89 bits per heavy atom. The Bertz CT molecular complexity index is 892. The Kier molecular flexibility index (Phi) is 6.77. The number of ether oxygens (including phenoxy) is 3. The van der Waals surface area contributed by atoms with Crippen LogP contribution in [-0.4, -0.2) is 54.2 Å². The molecule has 9 nitrogen and oxygen atoms in total. The molecule has 2 heterocycles. The van der Waals surface area contributed by atoms with Crippen LogP contribution in [0.25, 0.3) is 17.3 Å². The molecule has 0 atom stereocenters. The van der Waals surface area contributed by atoms with Crippen molar-refractivity contribution in [1.29, 1.82) is 0 Å². The van der Waals surface area contributed by atoms with E-state index in [0.29, 0.717) is 42.8 Å². The van der Waals surface area contributed by atoms with E-state index in [1.807, 2.05) is 13.0 Å². The van der Waals surface area contributed by atoms with Crippen LogP contribution in [0.4, 0.5) is 5.69 Å². The molecule has 0 fully saturated rings. The third kappa shape index (κ3) is 4.96. The summed E-state index contributed by atoms with van der Waals surface area (Å²) in [4.78, 5) is 16.2. The number of nitrogens with zero attached hydrogens (tertiary/aromatic N) is 3. The molecule has 0 saturated carbocycles. The number of furan rings is 1. The fourth-order valence-electron chi connectivity index (χ4n) is 2.48. The van der Waals surface area contributed by atoms with Gasteiger partial charge in [0.2, 0.25) is 11.7 Å². The molecular weight excluding hydrogens is 364 g/mol. The lowest BCUT2D eigenvalue weighted by molar-refractivity contribution is -0.119. The van der Waals surface area contributed by atoms with E-state index in [1.54, 1.807) is 41.3 Å². The van der Waals surface area contributed by atoms with E-state index < -0.39 is 0 Å². The molecule has 2 aromatic heterocycles. The Morgan fingerprint density at radius 2 is 2.14 bits per heavy atom. The van der Waals surface area contributed by atoms with Crippen molar-refractivity contribution < 1.29 is 23.4 Å². The first-order valence-corrected chi connectivity index (χ1v) is 8.82. The number of anilines is 1. The summed E-state index contributed by atoms with van der Waals surface area (Å²) < 4.78 is 22.8. The number of benzene rings is 1. The molecule has 0 saturated heterocycles. The van der Waals surface area contributed by atoms with E-state index in [0.717, 1.165) is 0 Å². The number of rotatable bonds is 10. The SMILES string of the molecule is CCOCCOc1nc(-c2ccco2)n(-c2cccc(NC(=O)COC)c2)n1. The summed E-state index contributed by atoms with van der Waals surface area (Å²) in [5, 5.41) is 7.19. The van der Waals surface area contributed by atoms with Gasteiger partial charge in [-0.2, -0.15) is 4.98 Å². The van der Waals surface area contributed by atoms with Crippen LogP contribution in [0.3, 0.4) is 0 Å². The monoisotopic (exact) mass is 386 g/mol. The van der Waals surface area contributed by atoms with Crippen LogP contribution in [0.2, 0.25) is 0 Å². The second-order valence-electron chi connectivity index (χ2n) is 5.68. The van der Waals surface area contributed by atoms with Crippen LogP contribution in [0, 0.1) is 0 Å². The third-order valence-corrected chi connectivity index (χ3v) is 3.64. The molecule has 0 aliphatic rings. The van der Waals surface area contributed by atoms with Gasteiger partial charge in [-0.3, -0.25) is 4.79 Å². The van der Waals surface area contributed by atoms with E-state index in [9.17, 15) is 4.79 Å². The van der Waals surface area contributed by atoms with Gasteiger partial charge in [0.1, 0.15) is 13.2 Å². The topological polar surface area (TPSA) is 101 Å². The summed E-state index contributed by atoms with van der Waals surface area (Å²) >= 11 is 0. The van der Waals surface area contributed by atoms with Crippen LogP contribution in [-0.2, 0) is 14.3 Å². The lowest BCUT2D eigenvalue weighted by Crippen LogP contribution is -2.17. The normalized spacial score (nSPS) is 10.8. The van der Waals surface area contributed by atoms with E-state index >= 15 is 0 Å². The Balaban J connectivity index is 1.87. The predicted molar refractivity (Wildman–Crippen MR) is 102 cm³/mol. The van der Waals surface area contributed by atoms with Gasteiger partial charge in [-0.05, 0) is 37.3 Å². The van der Waals surface area contributed by atoms with Gasteiger partial charge in [0.05, 0.1) is 18.6 Å².